The second-order valence-electron chi connectivity index (χ2n) is 5.75. The van der Waals surface area contributed by atoms with E-state index in [1.165, 1.54) is 19.3 Å². The molecule has 126 valence electrons. The fourth-order valence-corrected chi connectivity index (χ4v) is 4.38. The van der Waals surface area contributed by atoms with Crippen molar-refractivity contribution in [1.82, 2.24) is 10.6 Å². The highest BCUT2D eigenvalue weighted by atomic mass is 79.9. The van der Waals surface area contributed by atoms with Gasteiger partial charge < -0.3 is 20.1 Å². The van der Waals surface area contributed by atoms with Crippen molar-refractivity contribution in [2.24, 2.45) is 4.99 Å². The largest absolute Gasteiger partial charge is 0.454 e. The Morgan fingerprint density at radius 2 is 2.26 bits per heavy atom. The lowest BCUT2D eigenvalue weighted by Crippen LogP contribution is -2.42. The summed E-state index contributed by atoms with van der Waals surface area (Å²) in [5.74, 6) is 2.42. The number of thioether (sulfide) groups is 1. The van der Waals surface area contributed by atoms with Gasteiger partial charge in [0.15, 0.2) is 17.5 Å². The molecule has 23 heavy (non-hydrogen) atoms. The van der Waals surface area contributed by atoms with Gasteiger partial charge >= 0.3 is 0 Å². The summed E-state index contributed by atoms with van der Waals surface area (Å²) in [5.41, 5.74) is 1.12. The molecule has 1 fully saturated rings. The average molecular weight is 400 g/mol. The first kappa shape index (κ1) is 16.8. The molecule has 5 nitrogen and oxygen atoms in total. The maximum atomic E-state index is 5.46. The van der Waals surface area contributed by atoms with Crippen molar-refractivity contribution >= 4 is 33.7 Å². The van der Waals surface area contributed by atoms with Crippen molar-refractivity contribution in [3.05, 3.63) is 22.2 Å². The normalized spacial score (nSPS) is 23.2. The number of nitrogens with zero attached hydrogens (tertiary/aromatic N) is 1. The van der Waals surface area contributed by atoms with Crippen LogP contribution in [-0.2, 0) is 6.54 Å². The highest BCUT2D eigenvalue weighted by Gasteiger charge is 2.24. The molecule has 2 aliphatic rings. The number of fused-ring (bicyclic) bond motifs is 1. The number of ether oxygens (including phenoxy) is 2. The van der Waals surface area contributed by atoms with Gasteiger partial charge in [-0.15, -0.1) is 0 Å². The van der Waals surface area contributed by atoms with Crippen LogP contribution in [0.3, 0.4) is 0 Å². The van der Waals surface area contributed by atoms with E-state index in [2.05, 4.69) is 37.8 Å². The molecule has 1 aromatic rings. The first-order chi connectivity index (χ1) is 11.2. The zero-order valence-electron chi connectivity index (χ0n) is 13.4. The molecular formula is C16H22BrN3O2S. The lowest BCUT2D eigenvalue weighted by molar-refractivity contribution is 0.173. The third-order valence-corrected chi connectivity index (χ3v) is 5.91. The van der Waals surface area contributed by atoms with Gasteiger partial charge in [0.05, 0.1) is 4.47 Å². The molecule has 3 rings (SSSR count). The lowest BCUT2D eigenvalue weighted by atomic mass is 10.2. The Morgan fingerprint density at radius 1 is 1.39 bits per heavy atom. The Hall–Kier alpha value is -1.08. The number of aliphatic imine (C=N–C) groups is 1. The number of rotatable bonds is 4. The number of guanidine groups is 1. The van der Waals surface area contributed by atoms with Gasteiger partial charge in [0.1, 0.15) is 0 Å². The number of hydrogen-bond acceptors (Lipinski definition) is 4. The minimum Gasteiger partial charge on any atom is -0.454 e. The lowest BCUT2D eigenvalue weighted by Gasteiger charge is -2.17. The van der Waals surface area contributed by atoms with E-state index in [1.54, 1.807) is 0 Å². The molecule has 1 aliphatic carbocycles. The van der Waals surface area contributed by atoms with E-state index in [0.29, 0.717) is 12.6 Å². The van der Waals surface area contributed by atoms with Crippen molar-refractivity contribution in [2.45, 2.75) is 37.1 Å². The van der Waals surface area contributed by atoms with E-state index in [0.717, 1.165) is 32.7 Å². The minimum absolute atomic E-state index is 0.284. The summed E-state index contributed by atoms with van der Waals surface area (Å²) >= 11 is 5.49. The Kier molecular flexibility index (Phi) is 5.58. The molecule has 2 atom stereocenters. The molecule has 1 saturated carbocycles. The molecule has 0 radical (unpaired) electrons. The predicted molar refractivity (Wildman–Crippen MR) is 98.5 cm³/mol. The summed E-state index contributed by atoms with van der Waals surface area (Å²) in [7, 11) is 1.81. The molecule has 1 aliphatic heterocycles. The smallest absolute Gasteiger partial charge is 0.231 e. The van der Waals surface area contributed by atoms with Crippen LogP contribution in [0.4, 0.5) is 0 Å². The third-order valence-electron chi connectivity index (χ3n) is 4.23. The fraction of sp³-hybridized carbons (Fsp3) is 0.562. The average Bonchev–Trinajstić information content (AvgIpc) is 3.20. The number of benzene rings is 1. The molecular weight excluding hydrogens is 378 g/mol. The molecule has 2 unspecified atom stereocenters. The summed E-state index contributed by atoms with van der Waals surface area (Å²) in [6.07, 6.45) is 5.89. The Bertz CT molecular complexity index is 597. The topological polar surface area (TPSA) is 54.9 Å². The predicted octanol–water partition coefficient (Wildman–Crippen LogP) is 3.13. The Balaban J connectivity index is 1.55. The third kappa shape index (κ3) is 4.07. The summed E-state index contributed by atoms with van der Waals surface area (Å²) in [4.78, 5) is 4.33. The monoisotopic (exact) mass is 399 g/mol. The Morgan fingerprint density at radius 3 is 3.00 bits per heavy atom. The quantitative estimate of drug-likeness (QED) is 0.601. The van der Waals surface area contributed by atoms with Crippen molar-refractivity contribution in [3.8, 4) is 11.5 Å². The number of halogens is 1. The van der Waals surface area contributed by atoms with Gasteiger partial charge in [-0.1, -0.05) is 0 Å². The SMILES string of the molecule is CN=C(NCc1cc(Br)c2c(c1)OCO2)NC1CCC(SC)C1. The first-order valence-corrected chi connectivity index (χ1v) is 9.85. The van der Waals surface area contributed by atoms with Crippen LogP contribution in [0.5, 0.6) is 11.5 Å². The number of hydrogen-bond donors (Lipinski definition) is 2. The fourth-order valence-electron chi connectivity index (χ4n) is 2.98. The highest BCUT2D eigenvalue weighted by Crippen LogP contribution is 2.39. The van der Waals surface area contributed by atoms with Crippen LogP contribution in [0.1, 0.15) is 24.8 Å². The van der Waals surface area contributed by atoms with Crippen LogP contribution in [-0.4, -0.2) is 37.3 Å². The van der Waals surface area contributed by atoms with Crippen LogP contribution in [0, 0.1) is 0 Å². The number of nitrogens with one attached hydrogen (secondary N) is 2. The molecule has 0 bridgehead atoms. The standard InChI is InChI=1S/C16H22BrN3O2S/c1-18-16(20-11-3-4-12(7-11)23-2)19-8-10-5-13(17)15-14(6-10)21-9-22-15/h5-6,11-12H,3-4,7-9H2,1-2H3,(H2,18,19,20). The molecule has 0 spiro atoms. The molecule has 0 amide bonds. The van der Waals surface area contributed by atoms with E-state index in [4.69, 9.17) is 9.47 Å². The van der Waals surface area contributed by atoms with E-state index >= 15 is 0 Å². The second-order valence-corrected chi connectivity index (χ2v) is 7.74. The van der Waals surface area contributed by atoms with Gasteiger partial charge in [-0.05, 0) is 59.1 Å². The molecule has 1 aromatic carbocycles. The van der Waals surface area contributed by atoms with Gasteiger partial charge in [0.2, 0.25) is 6.79 Å². The Labute approximate surface area is 149 Å². The van der Waals surface area contributed by atoms with E-state index < -0.39 is 0 Å². The maximum absolute atomic E-state index is 5.46. The van der Waals surface area contributed by atoms with Crippen molar-refractivity contribution < 1.29 is 9.47 Å². The molecule has 2 N–H and O–H groups in total. The van der Waals surface area contributed by atoms with E-state index in [-0.39, 0.29) is 6.79 Å². The van der Waals surface area contributed by atoms with E-state index in [9.17, 15) is 0 Å². The van der Waals surface area contributed by atoms with Gasteiger partial charge in [-0.2, -0.15) is 11.8 Å². The van der Waals surface area contributed by atoms with Crippen molar-refractivity contribution in [3.63, 3.8) is 0 Å². The van der Waals surface area contributed by atoms with Gasteiger partial charge in [0, 0.05) is 24.9 Å². The van der Waals surface area contributed by atoms with Crippen LogP contribution in [0.2, 0.25) is 0 Å². The second kappa shape index (κ2) is 7.66. The van der Waals surface area contributed by atoms with E-state index in [1.807, 2.05) is 30.9 Å². The highest BCUT2D eigenvalue weighted by molar-refractivity contribution is 9.10. The van der Waals surface area contributed by atoms with Crippen molar-refractivity contribution in [1.29, 1.82) is 0 Å². The summed E-state index contributed by atoms with van der Waals surface area (Å²) in [6, 6.07) is 4.57. The van der Waals surface area contributed by atoms with Crippen LogP contribution in [0.25, 0.3) is 0 Å². The summed E-state index contributed by atoms with van der Waals surface area (Å²) < 4.78 is 11.8. The van der Waals surface area contributed by atoms with Crippen LogP contribution < -0.4 is 20.1 Å². The zero-order chi connectivity index (χ0) is 16.2. The van der Waals surface area contributed by atoms with Crippen LogP contribution in [0.15, 0.2) is 21.6 Å². The molecule has 1 heterocycles. The minimum atomic E-state index is 0.284. The van der Waals surface area contributed by atoms with Gasteiger partial charge in [-0.25, -0.2) is 0 Å². The molecule has 7 heteroatoms. The van der Waals surface area contributed by atoms with Crippen LogP contribution >= 0.6 is 27.7 Å². The summed E-state index contributed by atoms with van der Waals surface area (Å²) in [5, 5.41) is 7.68. The maximum Gasteiger partial charge on any atom is 0.231 e. The first-order valence-electron chi connectivity index (χ1n) is 7.77. The van der Waals surface area contributed by atoms with Gasteiger partial charge in [-0.3, -0.25) is 4.99 Å². The van der Waals surface area contributed by atoms with Crippen molar-refractivity contribution in [2.75, 3.05) is 20.1 Å². The molecule has 0 saturated heterocycles. The van der Waals surface area contributed by atoms with Gasteiger partial charge in [0.25, 0.3) is 0 Å². The summed E-state index contributed by atoms with van der Waals surface area (Å²) in [6.45, 7) is 0.972. The zero-order valence-corrected chi connectivity index (χ0v) is 15.8. The molecule has 0 aromatic heterocycles.